The Morgan fingerprint density at radius 1 is 1.04 bits per heavy atom. The molecule has 5 rings (SSSR count). The molecule has 0 fully saturated rings. The Morgan fingerprint density at radius 3 is 2.68 bits per heavy atom. The molecule has 0 bridgehead atoms. The maximum absolute atomic E-state index is 12.5. The van der Waals surface area contributed by atoms with Crippen LogP contribution in [0.4, 0.5) is 0 Å². The number of furan rings is 1. The second kappa shape index (κ2) is 7.07. The summed E-state index contributed by atoms with van der Waals surface area (Å²) in [7, 11) is 0. The first-order valence-corrected chi connectivity index (χ1v) is 9.99. The molecule has 0 amide bonds. The van der Waals surface area contributed by atoms with Crippen LogP contribution in [-0.4, -0.2) is 9.97 Å². The molecule has 138 valence electrons. The van der Waals surface area contributed by atoms with Gasteiger partial charge in [0.1, 0.15) is 23.7 Å². The summed E-state index contributed by atoms with van der Waals surface area (Å²) < 4.78 is 5.68. The highest BCUT2D eigenvalue weighted by molar-refractivity contribution is 7.10. The molecule has 3 heterocycles. The average Bonchev–Trinajstić information content (AvgIpc) is 3.38. The van der Waals surface area contributed by atoms with Gasteiger partial charge in [0, 0.05) is 10.9 Å². The van der Waals surface area contributed by atoms with Gasteiger partial charge < -0.3 is 14.7 Å². The number of fused-ring (bicyclic) bond motifs is 3. The minimum atomic E-state index is -0.239. The maximum Gasteiger partial charge on any atom is 0.294 e. The molecule has 5 nitrogen and oxygen atoms in total. The molecular formula is C22H18N3O2S+. The van der Waals surface area contributed by atoms with E-state index in [2.05, 4.69) is 39.9 Å². The predicted molar refractivity (Wildman–Crippen MR) is 110 cm³/mol. The van der Waals surface area contributed by atoms with E-state index in [1.54, 1.807) is 11.3 Å². The van der Waals surface area contributed by atoms with Crippen LogP contribution in [0.3, 0.4) is 0 Å². The first-order valence-electron chi connectivity index (χ1n) is 9.12. The molecule has 0 aliphatic carbocycles. The zero-order valence-electron chi connectivity index (χ0n) is 15.0. The number of nitrogens with two attached hydrogens (primary N) is 1. The average molecular weight is 388 g/mol. The highest BCUT2D eigenvalue weighted by Gasteiger charge is 2.20. The lowest BCUT2D eigenvalue weighted by Crippen LogP contribution is -2.84. The molecule has 3 N–H and O–H groups in total. The van der Waals surface area contributed by atoms with Gasteiger partial charge in [-0.15, -0.1) is 11.3 Å². The molecule has 0 saturated heterocycles. The third-order valence-electron chi connectivity index (χ3n) is 4.84. The van der Waals surface area contributed by atoms with Crippen molar-refractivity contribution >= 4 is 33.4 Å². The fourth-order valence-electron chi connectivity index (χ4n) is 3.52. The molecule has 3 aromatic heterocycles. The van der Waals surface area contributed by atoms with Gasteiger partial charge in [-0.3, -0.25) is 4.79 Å². The molecule has 2 aromatic carbocycles. The van der Waals surface area contributed by atoms with Crippen LogP contribution in [0.1, 0.15) is 22.3 Å². The van der Waals surface area contributed by atoms with Gasteiger partial charge >= 0.3 is 0 Å². The summed E-state index contributed by atoms with van der Waals surface area (Å²) in [5.41, 5.74) is 2.56. The number of H-pyrrole nitrogens is 1. The van der Waals surface area contributed by atoms with Gasteiger partial charge in [-0.1, -0.05) is 48.5 Å². The summed E-state index contributed by atoms with van der Waals surface area (Å²) >= 11 is 1.73. The lowest BCUT2D eigenvalue weighted by atomic mass is 10.1. The van der Waals surface area contributed by atoms with Crippen LogP contribution in [0.15, 0.2) is 81.3 Å². The van der Waals surface area contributed by atoms with Gasteiger partial charge in [-0.25, -0.2) is 4.98 Å². The first kappa shape index (κ1) is 16.9. The van der Waals surface area contributed by atoms with E-state index >= 15 is 0 Å². The number of nitrogens with zero attached hydrogens (tertiary/aromatic N) is 1. The second-order valence-electron chi connectivity index (χ2n) is 6.63. The predicted octanol–water partition coefficient (Wildman–Crippen LogP) is 3.58. The van der Waals surface area contributed by atoms with Crippen LogP contribution in [0.2, 0.25) is 0 Å². The summed E-state index contributed by atoms with van der Waals surface area (Å²) in [4.78, 5) is 21.3. The molecule has 6 heteroatoms. The third kappa shape index (κ3) is 3.02. The zero-order chi connectivity index (χ0) is 18.9. The highest BCUT2D eigenvalue weighted by atomic mass is 32.1. The maximum atomic E-state index is 12.5. The van der Waals surface area contributed by atoms with Gasteiger partial charge in [-0.05, 0) is 23.6 Å². The lowest BCUT2D eigenvalue weighted by Gasteiger charge is -2.14. The van der Waals surface area contributed by atoms with Crippen molar-refractivity contribution < 1.29 is 9.73 Å². The Labute approximate surface area is 164 Å². The van der Waals surface area contributed by atoms with Crippen LogP contribution in [0, 0.1) is 0 Å². The van der Waals surface area contributed by atoms with Crippen molar-refractivity contribution in [3.63, 3.8) is 0 Å². The van der Waals surface area contributed by atoms with Crippen LogP contribution >= 0.6 is 11.3 Å². The number of thiophene rings is 1. The second-order valence-corrected chi connectivity index (χ2v) is 7.61. The Morgan fingerprint density at radius 2 is 1.86 bits per heavy atom. The molecule has 0 spiro atoms. The SMILES string of the molecule is O=c1[nH]c(C[NH2+][C@H](c2ccccc2)c2cccs2)nc2c1oc1ccccc12. The van der Waals surface area contributed by atoms with E-state index in [1.165, 1.54) is 10.4 Å². The number of hydrogen-bond acceptors (Lipinski definition) is 4. The van der Waals surface area contributed by atoms with Gasteiger partial charge in [0.25, 0.3) is 5.56 Å². The van der Waals surface area contributed by atoms with Crippen LogP contribution in [-0.2, 0) is 6.54 Å². The molecule has 1 atom stereocenters. The van der Waals surface area contributed by atoms with E-state index in [4.69, 9.17) is 9.40 Å². The third-order valence-corrected chi connectivity index (χ3v) is 5.79. The summed E-state index contributed by atoms with van der Waals surface area (Å²) in [6.45, 7) is 0.558. The summed E-state index contributed by atoms with van der Waals surface area (Å²) in [6.07, 6.45) is 0. The van der Waals surface area contributed by atoms with Crippen molar-refractivity contribution in [1.82, 2.24) is 9.97 Å². The van der Waals surface area contributed by atoms with Crippen molar-refractivity contribution in [3.8, 4) is 0 Å². The van der Waals surface area contributed by atoms with E-state index in [0.717, 1.165) is 5.39 Å². The topological polar surface area (TPSA) is 75.5 Å². The van der Waals surface area contributed by atoms with Crippen molar-refractivity contribution in [3.05, 3.63) is 98.7 Å². The minimum Gasteiger partial charge on any atom is -0.449 e. The molecule has 5 aromatic rings. The van der Waals surface area contributed by atoms with Gasteiger partial charge in [0.05, 0.1) is 4.88 Å². The van der Waals surface area contributed by atoms with Crippen molar-refractivity contribution in [1.29, 1.82) is 0 Å². The van der Waals surface area contributed by atoms with Crippen LogP contribution in [0.5, 0.6) is 0 Å². The summed E-state index contributed by atoms with van der Waals surface area (Å²) in [5, 5.41) is 5.15. The standard InChI is InChI=1S/C22H17N3O2S/c26-22-21-20(15-9-4-5-10-16(15)27-21)24-18(25-22)13-23-19(17-11-6-12-28-17)14-7-2-1-3-8-14/h1-12,19,23H,13H2,(H,24,25,26)/p+1/t19-/m1/s1. The number of benzene rings is 2. The Bertz CT molecular complexity index is 1290. The number of para-hydroxylation sites is 1. The molecule has 28 heavy (non-hydrogen) atoms. The molecule has 0 saturated carbocycles. The summed E-state index contributed by atoms with van der Waals surface area (Å²) in [5.74, 6) is 0.640. The Hall–Kier alpha value is -3.22. The summed E-state index contributed by atoms with van der Waals surface area (Å²) in [6, 6.07) is 22.3. The monoisotopic (exact) mass is 388 g/mol. The van der Waals surface area contributed by atoms with Gasteiger partial charge in [0.2, 0.25) is 5.58 Å². The van der Waals surface area contributed by atoms with Gasteiger partial charge in [-0.2, -0.15) is 0 Å². The number of aromatic amines is 1. The van der Waals surface area contributed by atoms with Crippen molar-refractivity contribution in [2.24, 2.45) is 0 Å². The molecule has 0 aliphatic heterocycles. The van der Waals surface area contributed by atoms with Crippen molar-refractivity contribution in [2.45, 2.75) is 12.6 Å². The highest BCUT2D eigenvalue weighted by Crippen LogP contribution is 2.25. The number of quaternary nitrogens is 1. The van der Waals surface area contributed by atoms with Gasteiger partial charge in [0.15, 0.2) is 5.82 Å². The van der Waals surface area contributed by atoms with E-state index in [1.807, 2.05) is 42.5 Å². The van der Waals surface area contributed by atoms with E-state index in [9.17, 15) is 4.79 Å². The number of rotatable bonds is 5. The molecular weight excluding hydrogens is 370 g/mol. The number of nitrogens with one attached hydrogen (secondary N) is 1. The van der Waals surface area contributed by atoms with Crippen LogP contribution < -0.4 is 10.9 Å². The first-order chi connectivity index (χ1) is 13.8. The van der Waals surface area contributed by atoms with E-state index < -0.39 is 0 Å². The smallest absolute Gasteiger partial charge is 0.294 e. The Balaban J connectivity index is 1.50. The normalized spacial score (nSPS) is 12.6. The minimum absolute atomic E-state index is 0.156. The quantitative estimate of drug-likeness (QED) is 0.483. The Kier molecular flexibility index (Phi) is 4.27. The van der Waals surface area contributed by atoms with E-state index in [0.29, 0.717) is 23.5 Å². The molecule has 0 unspecified atom stereocenters. The van der Waals surface area contributed by atoms with Crippen LogP contribution in [0.25, 0.3) is 22.1 Å². The number of aromatic nitrogens is 2. The number of hydrogen-bond donors (Lipinski definition) is 2. The fourth-order valence-corrected chi connectivity index (χ4v) is 4.37. The zero-order valence-corrected chi connectivity index (χ0v) is 15.8. The largest absolute Gasteiger partial charge is 0.449 e. The molecule has 0 aliphatic rings. The van der Waals surface area contributed by atoms with Crippen molar-refractivity contribution in [2.75, 3.05) is 0 Å². The molecule has 0 radical (unpaired) electrons. The van der Waals surface area contributed by atoms with E-state index in [-0.39, 0.29) is 17.2 Å². The lowest BCUT2D eigenvalue weighted by molar-refractivity contribution is -0.702. The fraction of sp³-hybridized carbons (Fsp3) is 0.0909.